The summed E-state index contributed by atoms with van der Waals surface area (Å²) in [6, 6.07) is 3.23. The third-order valence-electron chi connectivity index (χ3n) is 2.16. The summed E-state index contributed by atoms with van der Waals surface area (Å²) < 4.78 is 4.91. The number of aromatic nitrogens is 3. The number of rotatable bonds is 5. The Hall–Kier alpha value is -2.70. The van der Waals surface area contributed by atoms with Crippen molar-refractivity contribution in [2.75, 3.05) is 11.9 Å². The second-order valence-corrected chi connectivity index (χ2v) is 3.71. The van der Waals surface area contributed by atoms with Gasteiger partial charge in [-0.15, -0.1) is 6.58 Å². The number of nitrogens with one attached hydrogen (secondary N) is 2. The number of hydrogen-bond acceptors (Lipinski definition) is 6. The first-order valence-corrected chi connectivity index (χ1v) is 5.61. The van der Waals surface area contributed by atoms with Crippen LogP contribution in [-0.4, -0.2) is 27.6 Å². The molecule has 0 fully saturated rings. The zero-order chi connectivity index (χ0) is 13.7. The van der Waals surface area contributed by atoms with Crippen LogP contribution in [0.25, 0.3) is 0 Å². The number of anilines is 2. The van der Waals surface area contributed by atoms with Crippen LogP contribution < -0.4 is 10.6 Å². The zero-order valence-corrected chi connectivity index (χ0v) is 10.4. The maximum Gasteiger partial charge on any atom is 0.270 e. The van der Waals surface area contributed by atoms with Gasteiger partial charge < -0.3 is 15.2 Å². The molecule has 2 rings (SSSR count). The molecule has 0 aliphatic heterocycles. The Balaban J connectivity index is 2.10. The first-order chi connectivity index (χ1) is 9.19. The average Bonchev–Trinajstić information content (AvgIpc) is 2.81. The van der Waals surface area contributed by atoms with Crippen molar-refractivity contribution in [1.82, 2.24) is 20.4 Å². The Kier molecular flexibility index (Phi) is 3.87. The monoisotopic (exact) mass is 259 g/mol. The first kappa shape index (κ1) is 12.7. The van der Waals surface area contributed by atoms with Crippen LogP contribution in [0.15, 0.2) is 35.5 Å². The van der Waals surface area contributed by atoms with Crippen LogP contribution in [0.4, 0.5) is 11.8 Å². The minimum Gasteiger partial charge on any atom is -0.360 e. The molecule has 0 saturated heterocycles. The largest absolute Gasteiger partial charge is 0.360 e. The van der Waals surface area contributed by atoms with Crippen molar-refractivity contribution in [2.24, 2.45) is 0 Å². The van der Waals surface area contributed by atoms with Gasteiger partial charge in [-0.05, 0) is 13.0 Å². The molecule has 1 amide bonds. The SMILES string of the molecule is C=CCNC(=O)c1ccnc(Nc2cc(C)on2)n1. The van der Waals surface area contributed by atoms with Gasteiger partial charge in [-0.2, -0.15) is 0 Å². The van der Waals surface area contributed by atoms with Gasteiger partial charge in [0, 0.05) is 18.8 Å². The molecule has 2 aromatic rings. The quantitative estimate of drug-likeness (QED) is 0.789. The maximum atomic E-state index is 11.7. The fraction of sp³-hybridized carbons (Fsp3) is 0.167. The van der Waals surface area contributed by atoms with Crippen molar-refractivity contribution in [3.8, 4) is 0 Å². The van der Waals surface area contributed by atoms with Gasteiger partial charge in [-0.25, -0.2) is 9.97 Å². The molecule has 0 unspecified atom stereocenters. The Morgan fingerprint density at radius 1 is 1.58 bits per heavy atom. The fourth-order valence-corrected chi connectivity index (χ4v) is 1.34. The molecule has 0 spiro atoms. The summed E-state index contributed by atoms with van der Waals surface area (Å²) in [7, 11) is 0. The van der Waals surface area contributed by atoms with Gasteiger partial charge in [0.2, 0.25) is 5.95 Å². The van der Waals surface area contributed by atoms with Crippen molar-refractivity contribution in [1.29, 1.82) is 0 Å². The lowest BCUT2D eigenvalue weighted by Gasteiger charge is -2.03. The Morgan fingerprint density at radius 3 is 3.11 bits per heavy atom. The lowest BCUT2D eigenvalue weighted by Crippen LogP contribution is -2.24. The molecule has 19 heavy (non-hydrogen) atoms. The number of carbonyl (C=O) groups excluding carboxylic acids is 1. The van der Waals surface area contributed by atoms with E-state index < -0.39 is 0 Å². The van der Waals surface area contributed by atoms with E-state index in [1.54, 1.807) is 19.1 Å². The van der Waals surface area contributed by atoms with Gasteiger partial charge in [0.05, 0.1) is 0 Å². The minimum absolute atomic E-state index is 0.263. The second-order valence-electron chi connectivity index (χ2n) is 3.71. The number of nitrogens with zero attached hydrogens (tertiary/aromatic N) is 3. The van der Waals surface area contributed by atoms with E-state index in [1.165, 1.54) is 12.3 Å². The van der Waals surface area contributed by atoms with Crippen molar-refractivity contribution < 1.29 is 9.32 Å². The number of carbonyl (C=O) groups is 1. The van der Waals surface area contributed by atoms with Crippen LogP contribution in [0.5, 0.6) is 0 Å². The predicted octanol–water partition coefficient (Wildman–Crippen LogP) is 1.43. The van der Waals surface area contributed by atoms with Crippen molar-refractivity contribution >= 4 is 17.7 Å². The highest BCUT2D eigenvalue weighted by Gasteiger charge is 2.08. The van der Waals surface area contributed by atoms with Crippen molar-refractivity contribution in [3.63, 3.8) is 0 Å². The summed E-state index contributed by atoms with van der Waals surface area (Å²) in [4.78, 5) is 19.8. The molecule has 0 radical (unpaired) electrons. The molecule has 2 heterocycles. The summed E-state index contributed by atoms with van der Waals surface area (Å²) in [5.74, 6) is 1.14. The third-order valence-corrected chi connectivity index (χ3v) is 2.16. The van der Waals surface area contributed by atoms with Gasteiger partial charge in [0.15, 0.2) is 5.82 Å². The van der Waals surface area contributed by atoms with E-state index in [4.69, 9.17) is 4.52 Å². The minimum atomic E-state index is -0.290. The smallest absolute Gasteiger partial charge is 0.270 e. The predicted molar refractivity (Wildman–Crippen MR) is 69.1 cm³/mol. The summed E-state index contributed by atoms with van der Waals surface area (Å²) >= 11 is 0. The first-order valence-electron chi connectivity index (χ1n) is 5.61. The van der Waals surface area contributed by atoms with E-state index in [1.807, 2.05) is 0 Å². The molecule has 7 nitrogen and oxygen atoms in total. The van der Waals surface area contributed by atoms with Crippen molar-refractivity contribution in [3.05, 3.63) is 42.4 Å². The van der Waals surface area contributed by atoms with E-state index in [0.29, 0.717) is 18.1 Å². The van der Waals surface area contributed by atoms with Gasteiger partial charge in [0.1, 0.15) is 11.5 Å². The van der Waals surface area contributed by atoms with Crippen LogP contribution in [0.2, 0.25) is 0 Å². The molecule has 0 bridgehead atoms. The van der Waals surface area contributed by atoms with Crippen molar-refractivity contribution in [2.45, 2.75) is 6.92 Å². The molecule has 2 aromatic heterocycles. The average molecular weight is 259 g/mol. The summed E-state index contributed by atoms with van der Waals surface area (Å²) in [5, 5.41) is 9.24. The van der Waals surface area contributed by atoms with E-state index >= 15 is 0 Å². The van der Waals surface area contributed by atoms with E-state index in [2.05, 4.69) is 32.3 Å². The van der Waals surface area contributed by atoms with Gasteiger partial charge in [0.25, 0.3) is 5.91 Å². The maximum absolute atomic E-state index is 11.7. The highest BCUT2D eigenvalue weighted by molar-refractivity contribution is 5.92. The highest BCUT2D eigenvalue weighted by Crippen LogP contribution is 2.12. The van der Waals surface area contributed by atoms with Crippen LogP contribution in [0.3, 0.4) is 0 Å². The number of hydrogen-bond donors (Lipinski definition) is 2. The van der Waals surface area contributed by atoms with E-state index in [0.717, 1.165) is 0 Å². The summed E-state index contributed by atoms with van der Waals surface area (Å²) in [6.07, 6.45) is 3.08. The zero-order valence-electron chi connectivity index (χ0n) is 10.4. The molecule has 0 aliphatic rings. The molecule has 0 aromatic carbocycles. The van der Waals surface area contributed by atoms with Crippen LogP contribution in [0, 0.1) is 6.92 Å². The second kappa shape index (κ2) is 5.76. The number of amides is 1. The molecular weight excluding hydrogens is 246 g/mol. The van der Waals surface area contributed by atoms with E-state index in [9.17, 15) is 4.79 Å². The summed E-state index contributed by atoms with van der Waals surface area (Å²) in [6.45, 7) is 5.68. The topological polar surface area (TPSA) is 92.9 Å². The van der Waals surface area contributed by atoms with Crippen LogP contribution in [-0.2, 0) is 0 Å². The Labute approximate surface area is 109 Å². The van der Waals surface area contributed by atoms with Crippen LogP contribution in [0.1, 0.15) is 16.2 Å². The molecule has 0 saturated carbocycles. The Morgan fingerprint density at radius 2 is 2.42 bits per heavy atom. The van der Waals surface area contributed by atoms with Gasteiger partial charge in [-0.3, -0.25) is 4.79 Å². The molecule has 98 valence electrons. The molecule has 7 heteroatoms. The normalized spacial score (nSPS) is 9.95. The molecule has 0 aliphatic carbocycles. The summed E-state index contributed by atoms with van der Waals surface area (Å²) in [5.41, 5.74) is 0.263. The standard InChI is InChI=1S/C12H13N5O2/c1-3-5-13-11(18)9-4-6-14-12(15-9)16-10-7-8(2)19-17-10/h3-4,6-7H,1,5H2,2H3,(H,13,18)(H,14,15,16,17). The lowest BCUT2D eigenvalue weighted by molar-refractivity contribution is 0.0953. The van der Waals surface area contributed by atoms with Gasteiger partial charge in [-0.1, -0.05) is 11.2 Å². The van der Waals surface area contributed by atoms with Crippen LogP contribution >= 0.6 is 0 Å². The highest BCUT2D eigenvalue weighted by atomic mass is 16.5. The van der Waals surface area contributed by atoms with E-state index in [-0.39, 0.29) is 17.5 Å². The molecule has 0 atom stereocenters. The molecular formula is C12H13N5O2. The Bertz CT molecular complexity index is 593. The van der Waals surface area contributed by atoms with Gasteiger partial charge >= 0.3 is 0 Å². The third kappa shape index (κ3) is 3.38. The molecule has 2 N–H and O–H groups in total. The lowest BCUT2D eigenvalue weighted by atomic mass is 10.4. The number of aryl methyl sites for hydroxylation is 1. The fourth-order valence-electron chi connectivity index (χ4n) is 1.34.